The summed E-state index contributed by atoms with van der Waals surface area (Å²) >= 11 is 0. The first-order valence-corrected chi connectivity index (χ1v) is 6.33. The van der Waals surface area contributed by atoms with Crippen molar-refractivity contribution in [2.75, 3.05) is 20.8 Å². The Morgan fingerprint density at radius 3 is 1.50 bits per heavy atom. The molecule has 0 heterocycles. The van der Waals surface area contributed by atoms with Crippen molar-refractivity contribution in [1.29, 1.82) is 0 Å². The van der Waals surface area contributed by atoms with E-state index >= 15 is 0 Å². The molecule has 0 N–H and O–H groups in total. The van der Waals surface area contributed by atoms with Crippen molar-refractivity contribution in [3.05, 3.63) is 24.5 Å². The fraction of sp³-hybridized carbons (Fsp3) is 0.750. The number of methoxy groups -OCH3 is 2. The lowest BCUT2D eigenvalue weighted by Gasteiger charge is -2.20. The Morgan fingerprint density at radius 2 is 1.39 bits per heavy atom. The van der Waals surface area contributed by atoms with Crippen LogP contribution in [0.1, 0.15) is 48.0 Å². The molecule has 0 aliphatic carbocycles. The standard InChI is InChI=1S/2C8H16O/c1-7(6-9-5)8(2,3)4;1-7(9-5)6-8(2,3)4/h2*1,6H2,2-5H3. The van der Waals surface area contributed by atoms with E-state index in [4.69, 9.17) is 9.47 Å². The van der Waals surface area contributed by atoms with Gasteiger partial charge in [-0.1, -0.05) is 54.7 Å². The molecule has 0 aliphatic heterocycles. The van der Waals surface area contributed by atoms with Crippen LogP contribution in [0.3, 0.4) is 0 Å². The molecule has 0 unspecified atom stereocenters. The van der Waals surface area contributed by atoms with Crippen molar-refractivity contribution in [1.82, 2.24) is 0 Å². The molecule has 0 radical (unpaired) electrons. The first kappa shape index (κ1) is 19.6. The summed E-state index contributed by atoms with van der Waals surface area (Å²) in [5.74, 6) is 0.863. The fourth-order valence-electron chi connectivity index (χ4n) is 1.05. The summed E-state index contributed by atoms with van der Waals surface area (Å²) in [6, 6.07) is 0. The second-order valence-electron chi connectivity index (χ2n) is 6.77. The van der Waals surface area contributed by atoms with Gasteiger partial charge in [0.05, 0.1) is 19.5 Å². The van der Waals surface area contributed by atoms with E-state index < -0.39 is 0 Å². The minimum atomic E-state index is 0.190. The van der Waals surface area contributed by atoms with Gasteiger partial charge in [-0.15, -0.1) is 0 Å². The van der Waals surface area contributed by atoms with Crippen molar-refractivity contribution in [3.8, 4) is 0 Å². The van der Waals surface area contributed by atoms with E-state index in [0.29, 0.717) is 12.0 Å². The molecule has 0 saturated carbocycles. The second kappa shape index (κ2) is 8.36. The summed E-state index contributed by atoms with van der Waals surface area (Å²) in [5, 5.41) is 0. The third kappa shape index (κ3) is 13.3. The Balaban J connectivity index is 0. The molecule has 0 aromatic heterocycles. The summed E-state index contributed by atoms with van der Waals surface area (Å²) in [5.41, 5.74) is 1.63. The zero-order valence-corrected chi connectivity index (χ0v) is 13.6. The van der Waals surface area contributed by atoms with E-state index in [2.05, 4.69) is 54.7 Å². The molecule has 2 nitrogen and oxygen atoms in total. The average molecular weight is 256 g/mol. The third-order valence-electron chi connectivity index (χ3n) is 2.40. The predicted molar refractivity (Wildman–Crippen MR) is 80.7 cm³/mol. The molecule has 0 aromatic carbocycles. The van der Waals surface area contributed by atoms with Crippen molar-refractivity contribution >= 4 is 0 Å². The van der Waals surface area contributed by atoms with Gasteiger partial charge >= 0.3 is 0 Å². The molecule has 0 atom stereocenters. The largest absolute Gasteiger partial charge is 0.502 e. The highest BCUT2D eigenvalue weighted by Crippen LogP contribution is 2.23. The summed E-state index contributed by atoms with van der Waals surface area (Å²) in [6.07, 6.45) is 0.934. The maximum absolute atomic E-state index is 4.93. The predicted octanol–water partition coefficient (Wildman–Crippen LogP) is 4.82. The van der Waals surface area contributed by atoms with Crippen molar-refractivity contribution in [3.63, 3.8) is 0 Å². The molecule has 0 saturated heterocycles. The number of allylic oxidation sites excluding steroid dienone is 1. The highest BCUT2D eigenvalue weighted by Gasteiger charge is 2.13. The van der Waals surface area contributed by atoms with Crippen molar-refractivity contribution in [2.45, 2.75) is 48.0 Å². The van der Waals surface area contributed by atoms with E-state index in [1.54, 1.807) is 14.2 Å². The minimum absolute atomic E-state index is 0.190. The highest BCUT2D eigenvalue weighted by molar-refractivity contribution is 5.04. The van der Waals surface area contributed by atoms with Gasteiger partial charge in [-0.3, -0.25) is 0 Å². The van der Waals surface area contributed by atoms with Crippen LogP contribution in [0.15, 0.2) is 24.5 Å². The van der Waals surface area contributed by atoms with Crippen molar-refractivity contribution in [2.24, 2.45) is 10.8 Å². The Labute approximate surface area is 114 Å². The van der Waals surface area contributed by atoms with Crippen LogP contribution in [0.5, 0.6) is 0 Å². The topological polar surface area (TPSA) is 18.5 Å². The van der Waals surface area contributed by atoms with Crippen LogP contribution >= 0.6 is 0 Å². The molecular weight excluding hydrogens is 224 g/mol. The van der Waals surface area contributed by atoms with Gasteiger partial charge in [0.2, 0.25) is 0 Å². The normalized spacial score (nSPS) is 11.3. The molecule has 0 amide bonds. The van der Waals surface area contributed by atoms with E-state index in [1.807, 2.05) is 0 Å². The number of ether oxygens (including phenoxy) is 2. The summed E-state index contributed by atoms with van der Waals surface area (Å²) in [6.45, 7) is 21.2. The van der Waals surface area contributed by atoms with Crippen LogP contribution in [-0.2, 0) is 9.47 Å². The summed E-state index contributed by atoms with van der Waals surface area (Å²) in [4.78, 5) is 0. The first-order valence-electron chi connectivity index (χ1n) is 6.33. The van der Waals surface area contributed by atoms with E-state index in [9.17, 15) is 0 Å². The average Bonchev–Trinajstić information content (AvgIpc) is 2.15. The van der Waals surface area contributed by atoms with Crippen molar-refractivity contribution < 1.29 is 9.47 Å². The molecular formula is C16H32O2. The van der Waals surface area contributed by atoms with Crippen LogP contribution in [0, 0.1) is 10.8 Å². The third-order valence-corrected chi connectivity index (χ3v) is 2.40. The van der Waals surface area contributed by atoms with Crippen LogP contribution in [0.2, 0.25) is 0 Å². The summed E-state index contributed by atoms with van der Waals surface area (Å²) < 4.78 is 9.86. The lowest BCUT2D eigenvalue weighted by molar-refractivity contribution is 0.208. The van der Waals surface area contributed by atoms with Crippen LogP contribution < -0.4 is 0 Å². The lowest BCUT2D eigenvalue weighted by Crippen LogP contribution is -2.12. The molecule has 0 fully saturated rings. The minimum Gasteiger partial charge on any atom is -0.502 e. The molecule has 0 bridgehead atoms. The number of hydrogen-bond donors (Lipinski definition) is 0. The molecule has 0 aliphatic rings. The highest BCUT2D eigenvalue weighted by atomic mass is 16.5. The maximum Gasteiger partial charge on any atom is 0.0889 e. The van der Waals surface area contributed by atoms with Gasteiger partial charge in [0.15, 0.2) is 0 Å². The zero-order chi connectivity index (χ0) is 15.0. The van der Waals surface area contributed by atoms with E-state index in [1.165, 1.54) is 0 Å². The van der Waals surface area contributed by atoms with Crippen LogP contribution in [0.25, 0.3) is 0 Å². The summed E-state index contributed by atoms with van der Waals surface area (Å²) in [7, 11) is 3.35. The molecule has 0 aromatic rings. The van der Waals surface area contributed by atoms with Gasteiger partial charge in [0.25, 0.3) is 0 Å². The maximum atomic E-state index is 4.93. The zero-order valence-electron chi connectivity index (χ0n) is 13.6. The van der Waals surface area contributed by atoms with Crippen LogP contribution in [-0.4, -0.2) is 20.8 Å². The molecule has 0 rings (SSSR count). The van der Waals surface area contributed by atoms with Gasteiger partial charge in [0.1, 0.15) is 0 Å². The monoisotopic (exact) mass is 256 g/mol. The smallest absolute Gasteiger partial charge is 0.0889 e. The molecule has 18 heavy (non-hydrogen) atoms. The fourth-order valence-corrected chi connectivity index (χ4v) is 1.05. The Morgan fingerprint density at radius 1 is 0.944 bits per heavy atom. The Bertz CT molecular complexity index is 251. The molecule has 0 spiro atoms. The number of hydrogen-bond acceptors (Lipinski definition) is 2. The molecule has 108 valence electrons. The SMILES string of the molecule is C=C(CC(C)(C)C)OC.C=C(COC)C(C)(C)C. The van der Waals surface area contributed by atoms with Gasteiger partial charge < -0.3 is 9.47 Å². The van der Waals surface area contributed by atoms with Crippen LogP contribution in [0.4, 0.5) is 0 Å². The first-order chi connectivity index (χ1) is 7.94. The van der Waals surface area contributed by atoms with Gasteiger partial charge in [0, 0.05) is 13.5 Å². The van der Waals surface area contributed by atoms with Gasteiger partial charge in [-0.05, 0) is 16.4 Å². The van der Waals surface area contributed by atoms with E-state index in [0.717, 1.165) is 17.8 Å². The Hall–Kier alpha value is -0.760. The van der Waals surface area contributed by atoms with Gasteiger partial charge in [-0.25, -0.2) is 0 Å². The lowest BCUT2D eigenvalue weighted by atomic mass is 9.88. The second-order valence-corrected chi connectivity index (χ2v) is 6.77. The van der Waals surface area contributed by atoms with Gasteiger partial charge in [-0.2, -0.15) is 0 Å². The molecule has 2 heteroatoms. The van der Waals surface area contributed by atoms with E-state index in [-0.39, 0.29) is 5.41 Å². The Kier molecular flexibility index (Phi) is 9.09. The quantitative estimate of drug-likeness (QED) is 0.530. The number of rotatable bonds is 4.